The Kier molecular flexibility index (Phi) is 11.8. The first-order valence-electron chi connectivity index (χ1n) is 11.8. The molecule has 12 N–H and O–H groups in total. The molecule has 0 spiro atoms. The molecule has 38 heavy (non-hydrogen) atoms. The molecular weight excluding hydrogens is 516 g/mol. The third-order valence-corrected chi connectivity index (χ3v) is 6.03. The first-order valence-corrected chi connectivity index (χ1v) is 12.4. The van der Waals surface area contributed by atoms with Crippen LogP contribution in [0.4, 0.5) is 0 Å². The molecule has 4 atom stereocenters. The number of rotatable bonds is 15. The molecule has 15 heteroatoms. The van der Waals surface area contributed by atoms with Gasteiger partial charge in [0, 0.05) is 35.8 Å². The van der Waals surface area contributed by atoms with Crippen molar-refractivity contribution in [1.29, 1.82) is 0 Å². The smallest absolute Gasteiger partial charge is 0.326 e. The Balaban J connectivity index is 2.24. The molecule has 1 aromatic heterocycles. The fourth-order valence-electron chi connectivity index (χ4n) is 3.59. The van der Waals surface area contributed by atoms with Gasteiger partial charge in [0.05, 0.1) is 12.6 Å². The van der Waals surface area contributed by atoms with E-state index in [1.165, 1.54) is 0 Å². The number of amides is 3. The average Bonchev–Trinajstić information content (AvgIpc) is 3.30. The lowest BCUT2D eigenvalue weighted by atomic mass is 10.0. The van der Waals surface area contributed by atoms with Gasteiger partial charge in [-0.05, 0) is 24.5 Å². The van der Waals surface area contributed by atoms with Gasteiger partial charge in [0.15, 0.2) is 5.96 Å². The molecular formula is C23H34N8O6S. The summed E-state index contributed by atoms with van der Waals surface area (Å²) in [6.45, 7) is -0.593. The molecule has 0 radical (unpaired) electrons. The Hall–Kier alpha value is -3.82. The summed E-state index contributed by atoms with van der Waals surface area (Å²) in [5, 5.41) is 27.4. The van der Waals surface area contributed by atoms with Gasteiger partial charge in [-0.25, -0.2) is 4.79 Å². The maximum atomic E-state index is 13.2. The average molecular weight is 551 g/mol. The van der Waals surface area contributed by atoms with Crippen molar-refractivity contribution in [1.82, 2.24) is 20.9 Å². The lowest BCUT2D eigenvalue weighted by Gasteiger charge is -2.24. The number of thiol groups is 1. The van der Waals surface area contributed by atoms with E-state index < -0.39 is 54.5 Å². The minimum Gasteiger partial charge on any atom is -0.480 e. The second-order valence-electron chi connectivity index (χ2n) is 8.51. The number of carbonyl (C=O) groups is 4. The SMILES string of the molecule is NC(N)=NCCCC(NC(=O)C(Cc1c[nH]c2ccccc12)NC(=O)C(CO)NC(=O)C(N)CS)C(=O)O. The Morgan fingerprint density at radius 3 is 2.26 bits per heavy atom. The molecule has 208 valence electrons. The fourth-order valence-corrected chi connectivity index (χ4v) is 3.76. The van der Waals surface area contributed by atoms with Crippen molar-refractivity contribution >= 4 is 53.2 Å². The second-order valence-corrected chi connectivity index (χ2v) is 8.87. The van der Waals surface area contributed by atoms with Gasteiger partial charge in [0.1, 0.15) is 18.1 Å². The Morgan fingerprint density at radius 1 is 1.00 bits per heavy atom. The van der Waals surface area contributed by atoms with Crippen LogP contribution in [-0.2, 0) is 25.6 Å². The normalized spacial score (nSPS) is 14.1. The number of nitrogens with one attached hydrogen (secondary N) is 4. The highest BCUT2D eigenvalue weighted by atomic mass is 32.1. The van der Waals surface area contributed by atoms with Crippen molar-refractivity contribution in [2.24, 2.45) is 22.2 Å². The molecule has 1 aromatic carbocycles. The van der Waals surface area contributed by atoms with Gasteiger partial charge in [0.25, 0.3) is 0 Å². The molecule has 0 aliphatic heterocycles. The van der Waals surface area contributed by atoms with E-state index in [1.807, 2.05) is 24.3 Å². The molecule has 0 aliphatic carbocycles. The molecule has 3 amide bonds. The number of carboxylic acid groups (broad SMARTS) is 1. The highest BCUT2D eigenvalue weighted by Gasteiger charge is 2.30. The number of hydrogen-bond donors (Lipinski definition) is 10. The summed E-state index contributed by atoms with van der Waals surface area (Å²) in [6, 6.07) is 2.38. The van der Waals surface area contributed by atoms with Crippen molar-refractivity contribution < 1.29 is 29.4 Å². The number of H-pyrrole nitrogens is 1. The number of benzene rings is 1. The maximum absolute atomic E-state index is 13.2. The maximum Gasteiger partial charge on any atom is 0.326 e. The zero-order chi connectivity index (χ0) is 28.2. The molecule has 14 nitrogen and oxygen atoms in total. The second kappa shape index (κ2) is 14.8. The number of aliphatic hydroxyl groups excluding tert-OH is 1. The van der Waals surface area contributed by atoms with Crippen LogP contribution in [-0.4, -0.2) is 87.9 Å². The number of fused-ring (bicyclic) bond motifs is 1. The number of aliphatic carboxylic acids is 1. The summed E-state index contributed by atoms with van der Waals surface area (Å²) in [5.74, 6) is -3.74. The molecule has 0 aliphatic rings. The van der Waals surface area contributed by atoms with Crippen molar-refractivity contribution in [3.8, 4) is 0 Å². The number of aromatic nitrogens is 1. The van der Waals surface area contributed by atoms with Gasteiger partial charge >= 0.3 is 5.97 Å². The van der Waals surface area contributed by atoms with Crippen molar-refractivity contribution in [3.63, 3.8) is 0 Å². The van der Waals surface area contributed by atoms with E-state index in [9.17, 15) is 29.4 Å². The van der Waals surface area contributed by atoms with Gasteiger partial charge < -0.3 is 48.3 Å². The molecule has 4 unspecified atom stereocenters. The zero-order valence-corrected chi connectivity index (χ0v) is 21.5. The fraction of sp³-hybridized carbons (Fsp3) is 0.435. The quantitative estimate of drug-likeness (QED) is 0.0488. The van der Waals surface area contributed by atoms with Crippen LogP contribution in [0.5, 0.6) is 0 Å². The lowest BCUT2D eigenvalue weighted by Crippen LogP contribution is -2.58. The first-order chi connectivity index (χ1) is 18.1. The summed E-state index contributed by atoms with van der Waals surface area (Å²) in [6.07, 6.45) is 1.98. The number of carbonyl (C=O) groups excluding carboxylic acids is 3. The van der Waals surface area contributed by atoms with E-state index in [1.54, 1.807) is 6.20 Å². The largest absolute Gasteiger partial charge is 0.480 e. The van der Waals surface area contributed by atoms with Gasteiger partial charge in [-0.2, -0.15) is 12.6 Å². The van der Waals surface area contributed by atoms with Crippen LogP contribution in [0.25, 0.3) is 10.9 Å². The minimum absolute atomic E-state index is 0.00975. The predicted molar refractivity (Wildman–Crippen MR) is 144 cm³/mol. The number of aliphatic hydroxyl groups is 1. The summed E-state index contributed by atoms with van der Waals surface area (Å²) in [5.41, 5.74) is 17.6. The third-order valence-electron chi connectivity index (χ3n) is 5.64. The molecule has 0 saturated carbocycles. The highest BCUT2D eigenvalue weighted by Crippen LogP contribution is 2.19. The predicted octanol–water partition coefficient (Wildman–Crippen LogP) is -2.45. The van der Waals surface area contributed by atoms with Crippen LogP contribution in [0.3, 0.4) is 0 Å². The number of hydrogen-bond acceptors (Lipinski definition) is 8. The van der Waals surface area contributed by atoms with Crippen molar-refractivity contribution in [3.05, 3.63) is 36.0 Å². The summed E-state index contributed by atoms with van der Waals surface area (Å²) in [4.78, 5) is 56.9. The van der Waals surface area contributed by atoms with Crippen LogP contribution in [0, 0.1) is 0 Å². The van der Waals surface area contributed by atoms with E-state index in [0.29, 0.717) is 5.56 Å². The number of para-hydroxylation sites is 1. The van der Waals surface area contributed by atoms with Crippen LogP contribution < -0.4 is 33.2 Å². The molecule has 0 fully saturated rings. The van der Waals surface area contributed by atoms with E-state index in [4.69, 9.17) is 17.2 Å². The lowest BCUT2D eigenvalue weighted by molar-refractivity contribution is -0.142. The van der Waals surface area contributed by atoms with Crippen LogP contribution >= 0.6 is 12.6 Å². The van der Waals surface area contributed by atoms with Crippen LogP contribution in [0.2, 0.25) is 0 Å². The number of aliphatic imine (C=N–C) groups is 1. The van der Waals surface area contributed by atoms with Crippen LogP contribution in [0.1, 0.15) is 18.4 Å². The first kappa shape index (κ1) is 30.4. The van der Waals surface area contributed by atoms with Crippen LogP contribution in [0.15, 0.2) is 35.5 Å². The van der Waals surface area contributed by atoms with Crippen molar-refractivity contribution in [2.75, 3.05) is 18.9 Å². The third kappa shape index (κ3) is 8.93. The summed E-state index contributed by atoms with van der Waals surface area (Å²) in [7, 11) is 0. The van der Waals surface area contributed by atoms with E-state index in [2.05, 4.69) is 38.6 Å². The Morgan fingerprint density at radius 2 is 1.63 bits per heavy atom. The minimum atomic E-state index is -1.40. The zero-order valence-electron chi connectivity index (χ0n) is 20.6. The monoisotopic (exact) mass is 550 g/mol. The van der Waals surface area contributed by atoms with E-state index >= 15 is 0 Å². The topological polar surface area (TPSA) is 251 Å². The van der Waals surface area contributed by atoms with Gasteiger partial charge in [-0.15, -0.1) is 0 Å². The number of carboxylic acids is 1. The van der Waals surface area contributed by atoms with Crippen molar-refractivity contribution in [2.45, 2.75) is 43.4 Å². The standard InChI is InChI=1S/C23H34N8O6S/c24-14(11-38)19(33)31-18(10-32)21(35)30-17(8-12-9-28-15-5-2-1-4-13(12)15)20(34)29-16(22(36)37)6-3-7-27-23(25)26/h1-2,4-5,9,14,16-18,28,32,38H,3,6-8,10-11,24H2,(H,29,34)(H,30,35)(H,31,33)(H,36,37)(H4,25,26,27). The number of nitrogens with zero attached hydrogens (tertiary/aromatic N) is 1. The Bertz CT molecular complexity index is 1150. The molecule has 2 aromatic rings. The van der Waals surface area contributed by atoms with E-state index in [0.717, 1.165) is 10.9 Å². The number of guanidine groups is 1. The van der Waals surface area contributed by atoms with Gasteiger partial charge in [-0.1, -0.05) is 18.2 Å². The van der Waals surface area contributed by atoms with Gasteiger partial charge in [0.2, 0.25) is 17.7 Å². The van der Waals surface area contributed by atoms with Gasteiger partial charge in [-0.3, -0.25) is 19.4 Å². The highest BCUT2D eigenvalue weighted by molar-refractivity contribution is 7.80. The number of aromatic amines is 1. The summed E-state index contributed by atoms with van der Waals surface area (Å²) < 4.78 is 0. The summed E-state index contributed by atoms with van der Waals surface area (Å²) >= 11 is 3.94. The Labute approximate surface area is 224 Å². The van der Waals surface area contributed by atoms with E-state index in [-0.39, 0.29) is 37.5 Å². The molecule has 0 bridgehead atoms. The molecule has 1 heterocycles. The molecule has 0 saturated heterocycles. The molecule has 2 rings (SSSR count). The number of nitrogens with two attached hydrogens (primary N) is 3.